The Morgan fingerprint density at radius 1 is 1.31 bits per heavy atom. The quantitative estimate of drug-likeness (QED) is 0.820. The zero-order valence-electron chi connectivity index (χ0n) is 10.4. The summed E-state index contributed by atoms with van der Waals surface area (Å²) < 4.78 is 2.21. The second-order valence-electron chi connectivity index (χ2n) is 4.52. The van der Waals surface area contributed by atoms with E-state index < -0.39 is 6.10 Å². The van der Waals surface area contributed by atoms with Crippen molar-refractivity contribution in [3.8, 4) is 0 Å². The molecule has 1 unspecified atom stereocenters. The third kappa shape index (κ3) is 1.63. The molecule has 0 saturated carbocycles. The molecule has 0 bridgehead atoms. The van der Waals surface area contributed by atoms with Crippen LogP contribution in [-0.4, -0.2) is 9.67 Å². The molecule has 86 valence electrons. The fraction of sp³-hybridized carbons (Fsp3) is 0.429. The van der Waals surface area contributed by atoms with Crippen LogP contribution in [0.1, 0.15) is 36.6 Å². The minimum Gasteiger partial charge on any atom is -0.389 e. The van der Waals surface area contributed by atoms with Gasteiger partial charge in [0, 0.05) is 23.7 Å². The van der Waals surface area contributed by atoms with Gasteiger partial charge in [-0.25, -0.2) is 0 Å². The normalized spacial score (nSPS) is 13.3. The van der Waals surface area contributed by atoms with Gasteiger partial charge >= 0.3 is 0 Å². The van der Waals surface area contributed by atoms with Crippen LogP contribution in [0.2, 0.25) is 0 Å². The van der Waals surface area contributed by atoms with Gasteiger partial charge in [0.05, 0.1) is 11.6 Å². The fourth-order valence-corrected chi connectivity index (χ4v) is 2.45. The van der Waals surface area contributed by atoms with E-state index in [-0.39, 0.29) is 0 Å². The topological polar surface area (TPSA) is 25.2 Å². The lowest BCUT2D eigenvalue weighted by Gasteiger charge is -2.05. The van der Waals surface area contributed by atoms with Crippen molar-refractivity contribution in [2.45, 2.75) is 40.3 Å². The van der Waals surface area contributed by atoms with E-state index in [0.717, 1.165) is 12.1 Å². The van der Waals surface area contributed by atoms with Gasteiger partial charge in [0.2, 0.25) is 0 Å². The van der Waals surface area contributed by atoms with E-state index in [1.54, 1.807) is 0 Å². The number of aliphatic hydroxyl groups excluding tert-OH is 1. The molecular formula is C14H19NO. The van der Waals surface area contributed by atoms with E-state index in [2.05, 4.69) is 43.7 Å². The molecule has 2 heteroatoms. The number of rotatable bonds is 2. The minimum absolute atomic E-state index is 0.406. The lowest BCUT2D eigenvalue weighted by atomic mass is 10.0. The Morgan fingerprint density at radius 2 is 2.00 bits per heavy atom. The van der Waals surface area contributed by atoms with Crippen molar-refractivity contribution in [1.29, 1.82) is 0 Å². The highest BCUT2D eigenvalue weighted by Crippen LogP contribution is 2.29. The Labute approximate surface area is 96.5 Å². The molecule has 0 radical (unpaired) electrons. The van der Waals surface area contributed by atoms with Gasteiger partial charge in [0.1, 0.15) is 0 Å². The highest BCUT2D eigenvalue weighted by molar-refractivity contribution is 5.87. The lowest BCUT2D eigenvalue weighted by Crippen LogP contribution is -1.93. The highest BCUT2D eigenvalue weighted by Gasteiger charge is 2.13. The summed E-state index contributed by atoms with van der Waals surface area (Å²) in [6.07, 6.45) is 1.67. The molecule has 0 aliphatic carbocycles. The molecule has 0 saturated heterocycles. The molecule has 2 aromatic rings. The maximum Gasteiger partial charge on any atom is 0.0782 e. The van der Waals surface area contributed by atoms with Crippen LogP contribution in [-0.2, 0) is 6.54 Å². The maximum atomic E-state index is 9.80. The van der Waals surface area contributed by atoms with Gasteiger partial charge in [0.15, 0.2) is 0 Å². The third-order valence-electron chi connectivity index (χ3n) is 3.13. The number of aliphatic hydroxyl groups is 1. The third-order valence-corrected chi connectivity index (χ3v) is 3.13. The van der Waals surface area contributed by atoms with E-state index >= 15 is 0 Å². The fourth-order valence-electron chi connectivity index (χ4n) is 2.45. The van der Waals surface area contributed by atoms with Crippen LogP contribution in [0.3, 0.4) is 0 Å². The van der Waals surface area contributed by atoms with Crippen molar-refractivity contribution in [2.75, 3.05) is 0 Å². The molecule has 1 N–H and O–H groups in total. The van der Waals surface area contributed by atoms with Gasteiger partial charge in [0.25, 0.3) is 0 Å². The SMILES string of the molecule is CCn1cc(C(C)O)c2cc(C)cc(C)c21. The molecule has 16 heavy (non-hydrogen) atoms. The Balaban J connectivity index is 2.85. The van der Waals surface area contributed by atoms with Gasteiger partial charge < -0.3 is 9.67 Å². The highest BCUT2D eigenvalue weighted by atomic mass is 16.3. The smallest absolute Gasteiger partial charge is 0.0782 e. The summed E-state index contributed by atoms with van der Waals surface area (Å²) in [7, 11) is 0. The molecule has 0 spiro atoms. The Bertz CT molecular complexity index is 523. The Hall–Kier alpha value is -1.28. The molecule has 1 aromatic carbocycles. The first kappa shape index (κ1) is 11.2. The van der Waals surface area contributed by atoms with Crippen molar-refractivity contribution in [3.05, 3.63) is 35.0 Å². The van der Waals surface area contributed by atoms with Crippen LogP contribution in [0, 0.1) is 13.8 Å². The van der Waals surface area contributed by atoms with Gasteiger partial charge in [-0.3, -0.25) is 0 Å². The lowest BCUT2D eigenvalue weighted by molar-refractivity contribution is 0.200. The first-order valence-corrected chi connectivity index (χ1v) is 5.82. The van der Waals surface area contributed by atoms with Gasteiger partial charge in [-0.1, -0.05) is 11.6 Å². The number of fused-ring (bicyclic) bond motifs is 1. The standard InChI is InChI=1S/C14H19NO/c1-5-15-8-13(11(4)16)12-7-9(2)6-10(3)14(12)15/h6-8,11,16H,5H2,1-4H3. The summed E-state index contributed by atoms with van der Waals surface area (Å²) in [5, 5.41) is 11.0. The van der Waals surface area contributed by atoms with Crippen molar-refractivity contribution >= 4 is 10.9 Å². The molecule has 0 aliphatic rings. The van der Waals surface area contributed by atoms with Crippen LogP contribution >= 0.6 is 0 Å². The summed E-state index contributed by atoms with van der Waals surface area (Å²) in [4.78, 5) is 0. The molecule has 1 heterocycles. The van der Waals surface area contributed by atoms with Gasteiger partial charge in [-0.15, -0.1) is 0 Å². The summed E-state index contributed by atoms with van der Waals surface area (Å²) in [6, 6.07) is 4.36. The van der Waals surface area contributed by atoms with E-state index in [0.29, 0.717) is 0 Å². The number of aromatic nitrogens is 1. The Kier molecular flexibility index (Phi) is 2.76. The number of benzene rings is 1. The zero-order valence-corrected chi connectivity index (χ0v) is 10.4. The summed E-state index contributed by atoms with van der Waals surface area (Å²) >= 11 is 0. The molecule has 0 aliphatic heterocycles. The monoisotopic (exact) mass is 217 g/mol. The largest absolute Gasteiger partial charge is 0.389 e. The van der Waals surface area contributed by atoms with E-state index in [4.69, 9.17) is 0 Å². The molecule has 0 fully saturated rings. The number of hydrogen-bond donors (Lipinski definition) is 1. The summed E-state index contributed by atoms with van der Waals surface area (Å²) in [5.41, 5.74) is 4.82. The number of aryl methyl sites for hydroxylation is 3. The average molecular weight is 217 g/mol. The van der Waals surface area contributed by atoms with E-state index in [9.17, 15) is 5.11 Å². The van der Waals surface area contributed by atoms with Crippen LogP contribution in [0.4, 0.5) is 0 Å². The minimum atomic E-state index is -0.406. The molecule has 0 amide bonds. The van der Waals surface area contributed by atoms with Crippen LogP contribution in [0.15, 0.2) is 18.3 Å². The average Bonchev–Trinajstić information content (AvgIpc) is 2.56. The summed E-state index contributed by atoms with van der Waals surface area (Å²) in [6.45, 7) is 9.12. The van der Waals surface area contributed by atoms with Crippen LogP contribution in [0.5, 0.6) is 0 Å². The molecule has 2 nitrogen and oxygen atoms in total. The van der Waals surface area contributed by atoms with Gasteiger partial charge in [-0.05, 0) is 39.3 Å². The first-order valence-electron chi connectivity index (χ1n) is 5.82. The molecular weight excluding hydrogens is 198 g/mol. The zero-order chi connectivity index (χ0) is 11.9. The van der Waals surface area contributed by atoms with Crippen molar-refractivity contribution < 1.29 is 5.11 Å². The van der Waals surface area contributed by atoms with Crippen LogP contribution in [0.25, 0.3) is 10.9 Å². The summed E-state index contributed by atoms with van der Waals surface area (Å²) in [5.74, 6) is 0. The second-order valence-corrected chi connectivity index (χ2v) is 4.52. The van der Waals surface area contributed by atoms with Crippen molar-refractivity contribution in [3.63, 3.8) is 0 Å². The number of nitrogens with zero attached hydrogens (tertiary/aromatic N) is 1. The molecule has 1 aromatic heterocycles. The van der Waals surface area contributed by atoms with Crippen molar-refractivity contribution in [1.82, 2.24) is 4.57 Å². The maximum absolute atomic E-state index is 9.80. The van der Waals surface area contributed by atoms with E-state index in [1.165, 1.54) is 22.0 Å². The first-order chi connectivity index (χ1) is 7.54. The van der Waals surface area contributed by atoms with Crippen LogP contribution < -0.4 is 0 Å². The predicted octanol–water partition coefficient (Wildman–Crippen LogP) is 3.33. The second kappa shape index (κ2) is 3.95. The van der Waals surface area contributed by atoms with Crippen molar-refractivity contribution in [2.24, 2.45) is 0 Å². The van der Waals surface area contributed by atoms with E-state index in [1.807, 2.05) is 6.92 Å². The Morgan fingerprint density at radius 3 is 2.56 bits per heavy atom. The number of hydrogen-bond acceptors (Lipinski definition) is 1. The van der Waals surface area contributed by atoms with Gasteiger partial charge in [-0.2, -0.15) is 0 Å². The molecule has 2 rings (SSSR count). The molecule has 1 atom stereocenters. The predicted molar refractivity (Wildman–Crippen MR) is 67.7 cm³/mol.